The van der Waals surface area contributed by atoms with Gasteiger partial charge in [0.05, 0.1) is 38.0 Å². The number of carboxylic acids is 1. The van der Waals surface area contributed by atoms with Crippen molar-refractivity contribution in [1.29, 1.82) is 0 Å². The number of fused-ring (bicyclic) bond motifs is 2. The number of nitrogens with one attached hydrogen (secondary N) is 2. The van der Waals surface area contributed by atoms with E-state index in [1.54, 1.807) is 44.2 Å². The number of thioether (sulfide) groups is 1. The molecule has 0 aliphatic carbocycles. The summed E-state index contributed by atoms with van der Waals surface area (Å²) in [5, 5.41) is 14.2. The maximum Gasteiger partial charge on any atom is 0.513 e. The fourth-order valence-corrected chi connectivity index (χ4v) is 7.94. The summed E-state index contributed by atoms with van der Waals surface area (Å²) in [4.78, 5) is 93.8. The topological polar surface area (TPSA) is 222 Å². The van der Waals surface area contributed by atoms with Gasteiger partial charge in [0, 0.05) is 10.8 Å². The zero-order valence-electron chi connectivity index (χ0n) is 28.7. The number of β-lactam (4-membered cyclic amide) rings is 1. The van der Waals surface area contributed by atoms with Gasteiger partial charge >= 0.3 is 17.9 Å². The summed E-state index contributed by atoms with van der Waals surface area (Å²) in [6.45, 7) is 3.40. The average molecular weight is 749 g/mol. The first-order valence-electron chi connectivity index (χ1n) is 15.8. The predicted molar refractivity (Wildman–Crippen MR) is 187 cm³/mol. The monoisotopic (exact) mass is 748 g/mol. The van der Waals surface area contributed by atoms with Crippen LogP contribution in [0.25, 0.3) is 16.7 Å². The number of carbonyl (C=O) groups excluding carboxylic acids is 4. The van der Waals surface area contributed by atoms with E-state index in [9.17, 15) is 38.7 Å². The molecule has 3 N–H and O–H groups in total. The molecular weight excluding hydrogens is 716 g/mol. The molecule has 53 heavy (non-hydrogen) atoms. The Kier molecular flexibility index (Phi) is 9.65. The van der Waals surface area contributed by atoms with Crippen LogP contribution in [-0.4, -0.2) is 88.0 Å². The Hall–Kier alpha value is -6.30. The zero-order valence-corrected chi connectivity index (χ0v) is 29.5. The van der Waals surface area contributed by atoms with E-state index in [0.717, 1.165) is 7.11 Å². The summed E-state index contributed by atoms with van der Waals surface area (Å²) in [5.74, 6) is -4.99. The van der Waals surface area contributed by atoms with Crippen LogP contribution in [0.15, 0.2) is 74.7 Å². The van der Waals surface area contributed by atoms with E-state index in [-0.39, 0.29) is 39.5 Å². The second-order valence-corrected chi connectivity index (χ2v) is 14.1. The largest absolute Gasteiger partial charge is 0.513 e. The Balaban J connectivity index is 1.40. The molecule has 2 saturated heterocycles. The molecule has 2 unspecified atom stereocenters. The summed E-state index contributed by atoms with van der Waals surface area (Å²) < 4.78 is 25.5. The van der Waals surface area contributed by atoms with Crippen molar-refractivity contribution in [3.8, 4) is 22.9 Å². The Morgan fingerprint density at radius 3 is 2.25 bits per heavy atom. The number of aromatic nitrogens is 1. The van der Waals surface area contributed by atoms with Crippen LogP contribution in [0.2, 0.25) is 0 Å². The van der Waals surface area contributed by atoms with Crippen LogP contribution in [-0.2, 0) is 19.1 Å². The van der Waals surface area contributed by atoms with Gasteiger partial charge in [-0.05, 0) is 37.6 Å². The third-order valence-electron chi connectivity index (χ3n) is 8.77. The van der Waals surface area contributed by atoms with E-state index >= 15 is 0 Å². The van der Waals surface area contributed by atoms with Crippen LogP contribution in [0, 0.1) is 0 Å². The summed E-state index contributed by atoms with van der Waals surface area (Å²) in [5.41, 5.74) is -1.65. The first-order chi connectivity index (χ1) is 25.2. The molecule has 0 radical (unpaired) electrons. The van der Waals surface area contributed by atoms with E-state index in [1.165, 1.54) is 61.2 Å². The summed E-state index contributed by atoms with van der Waals surface area (Å²) in [6, 6.07) is 10.8. The molecule has 0 bridgehead atoms. The van der Waals surface area contributed by atoms with Gasteiger partial charge in [0.25, 0.3) is 11.5 Å². The molecule has 2 aliphatic heterocycles. The normalized spacial score (nSPS) is 19.0. The molecule has 0 spiro atoms. The van der Waals surface area contributed by atoms with Crippen LogP contribution < -0.4 is 36.2 Å². The number of nitrogens with zero attached hydrogens (tertiary/aromatic N) is 2. The fourth-order valence-electron chi connectivity index (χ4n) is 6.32. The molecule has 2 fully saturated rings. The molecule has 2 aliphatic rings. The Labute approximate surface area is 303 Å². The lowest BCUT2D eigenvalue weighted by Crippen LogP contribution is -2.71. The highest BCUT2D eigenvalue weighted by atomic mass is 32.2. The summed E-state index contributed by atoms with van der Waals surface area (Å²) in [6.07, 6.45) is -1.13. The highest BCUT2D eigenvalue weighted by Gasteiger charge is 2.64. The minimum absolute atomic E-state index is 0.0234. The minimum Gasteiger partial charge on any atom is -0.493 e. The predicted octanol–water partition coefficient (Wildman–Crippen LogP) is 2.21. The van der Waals surface area contributed by atoms with E-state index in [1.807, 2.05) is 0 Å². The van der Waals surface area contributed by atoms with Crippen LogP contribution in [0.5, 0.6) is 17.2 Å². The highest BCUT2D eigenvalue weighted by Crippen LogP contribution is 2.50. The van der Waals surface area contributed by atoms with Gasteiger partial charge in [-0.3, -0.25) is 19.2 Å². The maximum atomic E-state index is 14.3. The van der Waals surface area contributed by atoms with E-state index in [0.29, 0.717) is 10.1 Å². The molecule has 3 heterocycles. The second-order valence-electron chi connectivity index (χ2n) is 12.3. The van der Waals surface area contributed by atoms with E-state index < -0.39 is 69.4 Å². The smallest absolute Gasteiger partial charge is 0.493 e. The quantitative estimate of drug-likeness (QED) is 0.120. The molecule has 4 aromatic rings. The van der Waals surface area contributed by atoms with Gasteiger partial charge in [-0.2, -0.15) is 0 Å². The third-order valence-corrected chi connectivity index (χ3v) is 10.3. The van der Waals surface area contributed by atoms with Crippen molar-refractivity contribution in [3.05, 3.63) is 92.7 Å². The highest BCUT2D eigenvalue weighted by molar-refractivity contribution is 8.01. The average Bonchev–Trinajstić information content (AvgIpc) is 3.40. The number of carbonyl (C=O) groups is 5. The molecule has 1 aromatic heterocycles. The van der Waals surface area contributed by atoms with Gasteiger partial charge < -0.3 is 44.0 Å². The van der Waals surface area contributed by atoms with E-state index in [4.69, 9.17) is 18.6 Å². The van der Waals surface area contributed by atoms with Gasteiger partial charge in [0.2, 0.25) is 11.8 Å². The lowest BCUT2D eigenvalue weighted by Gasteiger charge is -2.44. The van der Waals surface area contributed by atoms with Crippen LogP contribution in [0.1, 0.15) is 35.8 Å². The lowest BCUT2D eigenvalue weighted by atomic mass is 9.95. The van der Waals surface area contributed by atoms with Gasteiger partial charge in [-0.25, -0.2) is 19.0 Å². The maximum absolute atomic E-state index is 14.3. The lowest BCUT2D eigenvalue weighted by molar-refractivity contribution is -0.161. The molecule has 17 nitrogen and oxygen atoms in total. The Morgan fingerprint density at radius 1 is 0.925 bits per heavy atom. The first-order valence-corrected chi connectivity index (χ1v) is 16.7. The summed E-state index contributed by atoms with van der Waals surface area (Å²) in [7, 11) is 3.66. The molecule has 3 aromatic carbocycles. The van der Waals surface area contributed by atoms with Crippen molar-refractivity contribution in [2.45, 2.75) is 42.1 Å². The fraction of sp³-hybridized carbons (Fsp3) is 0.286. The number of ether oxygens (including phenoxy) is 4. The molecule has 276 valence electrons. The van der Waals surface area contributed by atoms with Gasteiger partial charge in [0.1, 0.15) is 23.5 Å². The third kappa shape index (κ3) is 6.41. The number of hydrogen-bond donors (Lipinski definition) is 3. The van der Waals surface area contributed by atoms with Gasteiger partial charge in [0.15, 0.2) is 22.8 Å². The van der Waals surface area contributed by atoms with Crippen LogP contribution >= 0.6 is 11.8 Å². The minimum atomic E-state index is -1.43. The number of aliphatic carboxylic acids is 1. The van der Waals surface area contributed by atoms with Crippen molar-refractivity contribution in [1.82, 2.24) is 20.1 Å². The van der Waals surface area contributed by atoms with Crippen LogP contribution in [0.3, 0.4) is 0 Å². The molecule has 4 atom stereocenters. The number of carboxylic acid groups (broad SMARTS) is 1. The van der Waals surface area contributed by atoms with Crippen molar-refractivity contribution >= 4 is 52.6 Å². The molecule has 18 heteroatoms. The molecule has 6 rings (SSSR count). The summed E-state index contributed by atoms with van der Waals surface area (Å²) >= 11 is 1.24. The number of para-hydroxylation sites is 1. The Morgan fingerprint density at radius 2 is 1.60 bits per heavy atom. The van der Waals surface area contributed by atoms with Crippen molar-refractivity contribution < 1.29 is 52.4 Å². The molecule has 0 saturated carbocycles. The zero-order chi connectivity index (χ0) is 38.4. The number of amides is 3. The number of benzene rings is 3. The van der Waals surface area contributed by atoms with Crippen molar-refractivity contribution in [2.75, 3.05) is 21.3 Å². The second kappa shape index (κ2) is 14.0. The molecule has 3 amide bonds. The Bertz CT molecular complexity index is 2290. The van der Waals surface area contributed by atoms with Crippen molar-refractivity contribution in [3.63, 3.8) is 0 Å². The van der Waals surface area contributed by atoms with Crippen molar-refractivity contribution in [2.24, 2.45) is 0 Å². The number of methoxy groups -OCH3 is 3. The number of rotatable bonds is 10. The first kappa shape index (κ1) is 36.5. The van der Waals surface area contributed by atoms with Gasteiger partial charge in [-0.15, -0.1) is 11.8 Å². The SMILES string of the molecule is COC(=O)Oc1cccc2c(=O)n(-c3cc(OC)c(OC)cc3C(=O)N[C@@H](C(=O)N[C@@H]3C(=O)N4C3SC(C)(C)C4C(=O)O)c3ccccc3)c(=O)oc12. The standard InChI is InChI=1S/C35H32N4O13S/c1-35(2)26(32(44)45)39-30(43)24(31(39)53-35)37-28(41)23(16-10-7-6-8-11-16)36-27(40)18-14-21(48-3)22(49-4)15-19(18)38-29(42)17-12-9-13-20(51-34(47)50-5)25(17)52-33(38)46/h6-15,23-24,26,31H,1-5H3,(H,36,40)(H,37,41)(H,44,45)/t23-,24-,26?,31?/m1/s1. The van der Waals surface area contributed by atoms with Gasteiger partial charge in [-0.1, -0.05) is 36.4 Å². The molecular formula is C35H32N4O13S. The van der Waals surface area contributed by atoms with E-state index in [2.05, 4.69) is 15.4 Å². The van der Waals surface area contributed by atoms with Crippen LogP contribution in [0.4, 0.5) is 4.79 Å². The number of hydrogen-bond acceptors (Lipinski definition) is 13.